The van der Waals surface area contributed by atoms with Gasteiger partial charge in [-0.05, 0) is 158 Å². The summed E-state index contributed by atoms with van der Waals surface area (Å²) in [5.74, 6) is -14.6. The molecule has 17 atom stereocenters. The maximum atomic E-state index is 14.4. The van der Waals surface area contributed by atoms with Gasteiger partial charge in [0.25, 0.3) is 0 Å². The summed E-state index contributed by atoms with van der Waals surface area (Å²) in [6, 6.07) is -0.746. The molecule has 1 saturated carbocycles. The summed E-state index contributed by atoms with van der Waals surface area (Å²) < 4.78 is 5.54. The lowest BCUT2D eigenvalue weighted by Crippen LogP contribution is -2.60. The molecular weight excluding hydrogens is 1520 g/mol. The quantitative estimate of drug-likeness (QED) is 0.0242. The molecule has 36 nitrogen and oxygen atoms in total. The second-order valence-corrected chi connectivity index (χ2v) is 32.5. The monoisotopic (exact) mass is 1630 g/mol. The molecule has 8 aliphatic rings. The van der Waals surface area contributed by atoms with Gasteiger partial charge in [-0.1, -0.05) is 88.4 Å². The number of hydrogen-bond donors (Lipinski definition) is 12. The van der Waals surface area contributed by atoms with Crippen LogP contribution in [0.15, 0.2) is 60.7 Å². The topological polar surface area (TPSA) is 493 Å². The van der Waals surface area contributed by atoms with Gasteiger partial charge in [-0.3, -0.25) is 81.6 Å². The summed E-state index contributed by atoms with van der Waals surface area (Å²) in [6.45, 7) is 13.4. The molecule has 5 aliphatic heterocycles. The minimum absolute atomic E-state index is 0.0182. The lowest BCUT2D eigenvalue weighted by atomic mass is 9.85. The third kappa shape index (κ3) is 20.4. The standard InChI is InChI=1S/C81H109N15O21/c1-40(2)64(74(108)88-54(80(114)115)24-14-15-31-96-77(111)62-47-29-30-48(36-47)63(62)78(96)112)90-73(107)59-28-19-35-95(59)79(113)65(41(3)4)91-68(102)44(7)85-70(104)56-25-16-32-92(56)60(97)38-82-66(100)42(5)83-71(105)57-26-17-33-93(57)75(109)45(8)86-67(101)43(6)84-72(106)58-27-18-34-94(58)76(110)46(9)87-69(103)55(37-61(98)99)89-81(116)117-39-53-51-22-12-10-20-49(51)50-21-11-13-23-52(50)53/h10-13,20-23,29-30,40-48,53-59,62-65H,14-19,24-28,31-39H2,1-9H3,(H,82,100)(H,83,105)(H,84,106)(H,85,104)(H,86,101)(H,87,103)(H,88,108)(H,89,116)(H,90,107)(H,91,102)(H,98,99)(H,114,115)/t42-,43-,44-,45-,46-,47-,48+,54-,55-,56-,57-,58-,59-,62+,63-,64-,65-/m0/s1. The van der Waals surface area contributed by atoms with Gasteiger partial charge in [0.1, 0.15) is 85.2 Å². The van der Waals surface area contributed by atoms with Crippen molar-refractivity contribution in [3.8, 4) is 11.1 Å². The largest absolute Gasteiger partial charge is 0.481 e. The van der Waals surface area contributed by atoms with E-state index in [1.807, 2.05) is 60.7 Å². The molecule has 36 heteroatoms. The maximum Gasteiger partial charge on any atom is 0.407 e. The number of rotatable bonds is 35. The van der Waals surface area contributed by atoms with Crippen molar-refractivity contribution in [2.75, 3.05) is 45.9 Å². The van der Waals surface area contributed by atoms with Crippen LogP contribution in [0.1, 0.15) is 163 Å². The number of imide groups is 1. The van der Waals surface area contributed by atoms with Crippen molar-refractivity contribution in [1.29, 1.82) is 0 Å². The van der Waals surface area contributed by atoms with Crippen molar-refractivity contribution in [2.24, 2.45) is 35.5 Å². The summed E-state index contributed by atoms with van der Waals surface area (Å²) in [5.41, 5.74) is 3.82. The molecule has 5 saturated heterocycles. The molecule has 0 unspecified atom stereocenters. The molecule has 5 heterocycles. The highest BCUT2D eigenvalue weighted by atomic mass is 16.5. The van der Waals surface area contributed by atoms with Gasteiger partial charge >= 0.3 is 18.0 Å². The fourth-order valence-electron chi connectivity index (χ4n) is 17.3. The van der Waals surface area contributed by atoms with Gasteiger partial charge in [0, 0.05) is 38.6 Å². The number of allylic oxidation sites excluding steroid dienone is 2. The number of carbonyl (C=O) groups excluding carboxylic acids is 16. The number of carboxylic acids is 2. The smallest absolute Gasteiger partial charge is 0.407 e. The molecule has 0 spiro atoms. The fourth-order valence-corrected chi connectivity index (χ4v) is 17.3. The summed E-state index contributed by atoms with van der Waals surface area (Å²) in [4.78, 5) is 249. The molecule has 3 aliphatic carbocycles. The summed E-state index contributed by atoms with van der Waals surface area (Å²) in [7, 11) is 0. The Morgan fingerprint density at radius 1 is 0.453 bits per heavy atom. The number of benzene rings is 2. The van der Waals surface area contributed by atoms with Gasteiger partial charge in [-0.25, -0.2) is 9.59 Å². The number of fused-ring (bicyclic) bond motifs is 8. The highest BCUT2D eigenvalue weighted by Gasteiger charge is 2.59. The van der Waals surface area contributed by atoms with Crippen molar-refractivity contribution >= 4 is 107 Å². The minimum atomic E-state index is -1.66. The number of alkyl carbamates (subject to hydrolysis) is 1. The average Bonchev–Trinajstić information content (AvgIpc) is 1.57. The average molecular weight is 1630 g/mol. The zero-order valence-corrected chi connectivity index (χ0v) is 67.3. The Balaban J connectivity index is 0.622. The van der Waals surface area contributed by atoms with Crippen LogP contribution in [0.4, 0.5) is 4.79 Å². The first kappa shape index (κ1) is 88.0. The van der Waals surface area contributed by atoms with Gasteiger partial charge in [-0.15, -0.1) is 0 Å². The lowest BCUT2D eigenvalue weighted by molar-refractivity contribution is -0.144. The molecule has 0 radical (unpaired) electrons. The first-order valence-electron chi connectivity index (χ1n) is 40.6. The minimum Gasteiger partial charge on any atom is -0.481 e. The Kier molecular flexibility index (Phi) is 29.0. The zero-order chi connectivity index (χ0) is 85.1. The maximum absolute atomic E-state index is 14.4. The molecule has 6 fully saturated rings. The fraction of sp³-hybridized carbons (Fsp3) is 0.605. The number of ether oxygens (including phenoxy) is 1. The van der Waals surface area contributed by atoms with E-state index in [-0.39, 0.29) is 119 Å². The van der Waals surface area contributed by atoms with Crippen molar-refractivity contribution in [2.45, 2.75) is 230 Å². The van der Waals surface area contributed by atoms with Crippen LogP contribution in [0.5, 0.6) is 0 Å². The number of carbonyl (C=O) groups is 18. The van der Waals surface area contributed by atoms with Gasteiger partial charge in [0.15, 0.2) is 0 Å². The highest BCUT2D eigenvalue weighted by Crippen LogP contribution is 2.52. The number of hydrogen-bond acceptors (Lipinski definition) is 19. The van der Waals surface area contributed by atoms with E-state index in [2.05, 4.69) is 53.2 Å². The normalized spacial score (nSPS) is 23.2. The third-order valence-electron chi connectivity index (χ3n) is 23.6. The van der Waals surface area contributed by atoms with Crippen LogP contribution in [0.3, 0.4) is 0 Å². The summed E-state index contributed by atoms with van der Waals surface area (Å²) >= 11 is 0. The number of carboxylic acid groups (broad SMARTS) is 2. The first-order chi connectivity index (χ1) is 55.6. The summed E-state index contributed by atoms with van der Waals surface area (Å²) in [5, 5.41) is 45.3. The Labute approximate surface area is 677 Å². The van der Waals surface area contributed by atoms with Crippen LogP contribution in [-0.2, 0) is 86.2 Å². The van der Waals surface area contributed by atoms with E-state index in [1.54, 1.807) is 27.7 Å². The van der Waals surface area contributed by atoms with E-state index < -0.39 is 198 Å². The molecule has 2 bridgehead atoms. The van der Waals surface area contributed by atoms with Gasteiger partial charge in [0.2, 0.25) is 88.6 Å². The first-order valence-corrected chi connectivity index (χ1v) is 40.6. The Hall–Kier alpha value is -11.4. The van der Waals surface area contributed by atoms with Crippen LogP contribution >= 0.6 is 0 Å². The molecule has 2 aromatic rings. The molecule has 0 aromatic heterocycles. The molecule has 10 rings (SSSR count). The summed E-state index contributed by atoms with van der Waals surface area (Å²) in [6.07, 6.45) is 5.77. The van der Waals surface area contributed by atoms with Crippen molar-refractivity contribution in [3.05, 3.63) is 71.8 Å². The van der Waals surface area contributed by atoms with Crippen molar-refractivity contribution in [3.63, 3.8) is 0 Å². The van der Waals surface area contributed by atoms with Gasteiger partial charge in [0.05, 0.1) is 24.8 Å². The molecule has 2 aromatic carbocycles. The Morgan fingerprint density at radius 2 is 0.889 bits per heavy atom. The van der Waals surface area contributed by atoms with Crippen molar-refractivity contribution < 1.29 is 101 Å². The second-order valence-electron chi connectivity index (χ2n) is 32.5. The number of aliphatic carboxylic acids is 2. The number of likely N-dealkylation sites (tertiary alicyclic amines) is 5. The van der Waals surface area contributed by atoms with E-state index in [0.29, 0.717) is 32.1 Å². The molecular formula is C81H109N15O21. The number of unbranched alkanes of at least 4 members (excludes halogenated alkanes) is 1. The van der Waals surface area contributed by atoms with E-state index >= 15 is 0 Å². The molecule has 12 N–H and O–H groups in total. The predicted molar refractivity (Wildman–Crippen MR) is 416 cm³/mol. The number of nitrogens with zero attached hydrogens (tertiary/aromatic N) is 5. The Morgan fingerprint density at radius 3 is 1.37 bits per heavy atom. The number of nitrogens with one attached hydrogen (secondary N) is 10. The van der Waals surface area contributed by atoms with Crippen LogP contribution in [0, 0.1) is 35.5 Å². The molecule has 117 heavy (non-hydrogen) atoms. The lowest BCUT2D eigenvalue weighted by Gasteiger charge is -2.32. The van der Waals surface area contributed by atoms with Crippen LogP contribution in [0.2, 0.25) is 0 Å². The van der Waals surface area contributed by atoms with E-state index in [4.69, 9.17) is 4.74 Å². The highest BCUT2D eigenvalue weighted by molar-refractivity contribution is 6.07. The van der Waals surface area contributed by atoms with E-state index in [9.17, 15) is 96.5 Å². The van der Waals surface area contributed by atoms with E-state index in [0.717, 1.165) is 28.7 Å². The third-order valence-corrected chi connectivity index (χ3v) is 23.6. The predicted octanol–water partition coefficient (Wildman–Crippen LogP) is -0.200. The Bertz CT molecular complexity index is 4170. The van der Waals surface area contributed by atoms with Gasteiger partial charge < -0.3 is 87.7 Å². The zero-order valence-electron chi connectivity index (χ0n) is 67.3. The molecule has 16 amide bonds. The van der Waals surface area contributed by atoms with Gasteiger partial charge in [-0.2, -0.15) is 0 Å². The SMILES string of the molecule is CC(C)[C@H](NC(=O)[C@@H]1CCCN1C(=O)[C@@H](NC(=O)[C@H](C)NC(=O)[C@@H]1CCCN1C(=O)CNC(=O)[C@H](C)NC(=O)[C@@H]1CCCN1C(=O)[C@H](C)NC(=O)[C@H](C)NC(=O)[C@@H]1CCCN1C(=O)[C@H](C)NC(=O)[C@H](CC(=O)O)NC(=O)OCC1c2ccccc2-c2ccccc21)C(C)C)C(=O)N[C@@H](CCCCN1C(=O)[C@@H]2[C@H](C1=O)[C@H]1C=C[C@@H]2C1)C(=O)O. The second kappa shape index (κ2) is 38.6. The molecule has 634 valence electrons. The van der Waals surface area contributed by atoms with Crippen LogP contribution in [-0.4, -0.2) is 266 Å². The number of amides is 16. The van der Waals surface area contributed by atoms with Crippen LogP contribution in [0.25, 0.3) is 11.1 Å². The van der Waals surface area contributed by atoms with Crippen LogP contribution < -0.4 is 53.2 Å². The van der Waals surface area contributed by atoms with Crippen molar-refractivity contribution in [1.82, 2.24) is 77.7 Å². The van der Waals surface area contributed by atoms with E-state index in [1.165, 1.54) is 59.1 Å².